The van der Waals surface area contributed by atoms with E-state index < -0.39 is 6.09 Å². The van der Waals surface area contributed by atoms with Crippen LogP contribution in [0.5, 0.6) is 0 Å². The Labute approximate surface area is 119 Å². The van der Waals surface area contributed by atoms with Gasteiger partial charge in [0.2, 0.25) is 0 Å². The van der Waals surface area contributed by atoms with Gasteiger partial charge in [0.25, 0.3) is 0 Å². The molecule has 0 fully saturated rings. The smallest absolute Gasteiger partial charge is 0.407 e. The minimum absolute atomic E-state index is 0.258. The van der Waals surface area contributed by atoms with Gasteiger partial charge >= 0.3 is 6.09 Å². The summed E-state index contributed by atoms with van der Waals surface area (Å²) >= 11 is 0. The van der Waals surface area contributed by atoms with Crippen LogP contribution in [0, 0.1) is 0 Å². The zero-order valence-electron chi connectivity index (χ0n) is 12.0. The van der Waals surface area contributed by atoms with Gasteiger partial charge in [0, 0.05) is 5.54 Å². The number of alkyl carbamates (subject to hydrolysis) is 1. The summed E-state index contributed by atoms with van der Waals surface area (Å²) in [5, 5.41) is 2.82. The molecule has 0 heterocycles. The third kappa shape index (κ3) is 6.73. The number of ether oxygens (including phenoxy) is 1. The second-order valence-electron chi connectivity index (χ2n) is 5.17. The zero-order valence-corrected chi connectivity index (χ0v) is 12.0. The maximum absolute atomic E-state index is 11.7. The van der Waals surface area contributed by atoms with Gasteiger partial charge in [0.15, 0.2) is 0 Å². The zero-order chi connectivity index (χ0) is 14.8. The van der Waals surface area contributed by atoms with E-state index in [4.69, 9.17) is 4.74 Å². The molecule has 0 aliphatic heterocycles. The third-order valence-electron chi connectivity index (χ3n) is 2.80. The predicted molar refractivity (Wildman–Crippen MR) is 78.3 cm³/mol. The van der Waals surface area contributed by atoms with E-state index in [9.17, 15) is 9.59 Å². The second kappa shape index (κ2) is 8.15. The fraction of sp³-hybridized carbons (Fsp3) is 0.375. The standard InChI is InChI=1S/C16H21NO3/c1-16(2,11-7-4-8-12-18)17-15(19)20-13-14-9-5-3-6-10-14/h3-6,8-10,12H,7,11,13H2,1-2H3,(H,17,19)/b8-4+. The fourth-order valence-corrected chi connectivity index (χ4v) is 1.69. The van der Waals surface area contributed by atoms with E-state index in [-0.39, 0.29) is 12.1 Å². The number of aldehydes is 1. The first-order valence-electron chi connectivity index (χ1n) is 6.63. The Balaban J connectivity index is 2.33. The molecule has 0 atom stereocenters. The van der Waals surface area contributed by atoms with E-state index in [2.05, 4.69) is 5.32 Å². The molecule has 0 spiro atoms. The van der Waals surface area contributed by atoms with Crippen LogP contribution in [0.3, 0.4) is 0 Å². The molecule has 0 aliphatic carbocycles. The largest absolute Gasteiger partial charge is 0.445 e. The Hall–Kier alpha value is -2.10. The lowest BCUT2D eigenvalue weighted by molar-refractivity contribution is -0.104. The van der Waals surface area contributed by atoms with Crippen molar-refractivity contribution >= 4 is 12.4 Å². The Bertz CT molecular complexity index is 452. The highest BCUT2D eigenvalue weighted by atomic mass is 16.5. The SMILES string of the molecule is CC(C)(CC/C=C/C=O)NC(=O)OCc1ccccc1. The molecule has 1 aromatic carbocycles. The quantitative estimate of drug-likeness (QED) is 0.614. The minimum Gasteiger partial charge on any atom is -0.445 e. The van der Waals surface area contributed by atoms with Crippen LogP contribution >= 0.6 is 0 Å². The van der Waals surface area contributed by atoms with Crippen LogP contribution < -0.4 is 5.32 Å². The van der Waals surface area contributed by atoms with E-state index in [0.29, 0.717) is 0 Å². The molecule has 0 radical (unpaired) electrons. The molecule has 4 nitrogen and oxygen atoms in total. The number of hydrogen-bond acceptors (Lipinski definition) is 3. The van der Waals surface area contributed by atoms with Crippen molar-refractivity contribution in [3.8, 4) is 0 Å². The fourth-order valence-electron chi connectivity index (χ4n) is 1.69. The van der Waals surface area contributed by atoms with Crippen LogP contribution in [0.1, 0.15) is 32.3 Å². The van der Waals surface area contributed by atoms with Crippen molar-refractivity contribution in [2.45, 2.75) is 38.8 Å². The Morgan fingerprint density at radius 3 is 2.65 bits per heavy atom. The summed E-state index contributed by atoms with van der Waals surface area (Å²) in [6.45, 7) is 4.10. The number of rotatable bonds is 7. The highest BCUT2D eigenvalue weighted by Crippen LogP contribution is 2.12. The Morgan fingerprint density at radius 2 is 2.00 bits per heavy atom. The number of benzene rings is 1. The van der Waals surface area contributed by atoms with Crippen molar-refractivity contribution in [2.24, 2.45) is 0 Å². The van der Waals surface area contributed by atoms with Crippen LogP contribution in [0.25, 0.3) is 0 Å². The van der Waals surface area contributed by atoms with Crippen LogP contribution in [0.2, 0.25) is 0 Å². The maximum atomic E-state index is 11.7. The topological polar surface area (TPSA) is 55.4 Å². The normalized spacial score (nSPS) is 11.3. The van der Waals surface area contributed by atoms with Crippen LogP contribution in [0.15, 0.2) is 42.5 Å². The average Bonchev–Trinajstić information content (AvgIpc) is 2.42. The molecule has 0 aromatic heterocycles. The van der Waals surface area contributed by atoms with E-state index >= 15 is 0 Å². The first kappa shape index (κ1) is 16.0. The molecule has 20 heavy (non-hydrogen) atoms. The molecule has 0 saturated carbocycles. The number of amides is 1. The first-order chi connectivity index (χ1) is 9.53. The summed E-state index contributed by atoms with van der Waals surface area (Å²) in [4.78, 5) is 21.9. The molecule has 1 rings (SSSR count). The summed E-state index contributed by atoms with van der Waals surface area (Å²) in [6.07, 6.45) is 5.02. The van der Waals surface area contributed by atoms with Crippen LogP contribution in [0.4, 0.5) is 4.79 Å². The number of hydrogen-bond donors (Lipinski definition) is 1. The van der Waals surface area contributed by atoms with E-state index in [1.807, 2.05) is 44.2 Å². The van der Waals surface area contributed by atoms with Gasteiger partial charge in [0.05, 0.1) is 0 Å². The van der Waals surface area contributed by atoms with Crippen molar-refractivity contribution in [1.82, 2.24) is 5.32 Å². The number of allylic oxidation sites excluding steroid dienone is 2. The summed E-state index contributed by atoms with van der Waals surface area (Å²) in [6, 6.07) is 9.53. The molecule has 1 N–H and O–H groups in total. The third-order valence-corrected chi connectivity index (χ3v) is 2.80. The molecule has 0 unspecified atom stereocenters. The Kier molecular flexibility index (Phi) is 6.50. The molecule has 108 valence electrons. The molecule has 4 heteroatoms. The highest BCUT2D eigenvalue weighted by molar-refractivity contribution is 5.68. The maximum Gasteiger partial charge on any atom is 0.407 e. The first-order valence-corrected chi connectivity index (χ1v) is 6.63. The number of carbonyl (C=O) groups excluding carboxylic acids is 2. The van der Waals surface area contributed by atoms with Gasteiger partial charge in [-0.1, -0.05) is 36.4 Å². The van der Waals surface area contributed by atoms with Gasteiger partial charge in [-0.05, 0) is 38.3 Å². The van der Waals surface area contributed by atoms with Crippen molar-refractivity contribution in [3.63, 3.8) is 0 Å². The van der Waals surface area contributed by atoms with Gasteiger partial charge in [-0.3, -0.25) is 4.79 Å². The van der Waals surface area contributed by atoms with Gasteiger partial charge in [-0.25, -0.2) is 4.79 Å². The van der Waals surface area contributed by atoms with Gasteiger partial charge in [0.1, 0.15) is 12.9 Å². The summed E-state index contributed by atoms with van der Waals surface area (Å²) in [5.41, 5.74) is 0.579. The molecule has 0 saturated heterocycles. The summed E-state index contributed by atoms with van der Waals surface area (Å²) in [5.74, 6) is 0. The van der Waals surface area contributed by atoms with Crippen LogP contribution in [-0.4, -0.2) is 17.9 Å². The van der Waals surface area contributed by atoms with Gasteiger partial charge in [-0.2, -0.15) is 0 Å². The Morgan fingerprint density at radius 1 is 1.30 bits per heavy atom. The van der Waals surface area contributed by atoms with Gasteiger partial charge < -0.3 is 10.1 Å². The molecule has 1 aromatic rings. The van der Waals surface area contributed by atoms with E-state index in [1.54, 1.807) is 6.08 Å². The molecule has 0 aliphatic rings. The minimum atomic E-state index is -0.432. The lowest BCUT2D eigenvalue weighted by atomic mass is 9.99. The molecular weight excluding hydrogens is 254 g/mol. The van der Waals surface area contributed by atoms with E-state index in [0.717, 1.165) is 24.7 Å². The van der Waals surface area contributed by atoms with Crippen LogP contribution in [-0.2, 0) is 16.1 Å². The van der Waals surface area contributed by atoms with Crippen molar-refractivity contribution in [3.05, 3.63) is 48.0 Å². The van der Waals surface area contributed by atoms with Crippen molar-refractivity contribution in [2.75, 3.05) is 0 Å². The molecule has 0 bridgehead atoms. The van der Waals surface area contributed by atoms with Crippen molar-refractivity contribution in [1.29, 1.82) is 0 Å². The average molecular weight is 275 g/mol. The monoisotopic (exact) mass is 275 g/mol. The lowest BCUT2D eigenvalue weighted by Crippen LogP contribution is -2.43. The van der Waals surface area contributed by atoms with Gasteiger partial charge in [-0.15, -0.1) is 0 Å². The number of carbonyl (C=O) groups is 2. The highest BCUT2D eigenvalue weighted by Gasteiger charge is 2.20. The molecular formula is C16H21NO3. The lowest BCUT2D eigenvalue weighted by Gasteiger charge is -2.25. The second-order valence-corrected chi connectivity index (χ2v) is 5.17. The van der Waals surface area contributed by atoms with E-state index in [1.165, 1.54) is 6.08 Å². The van der Waals surface area contributed by atoms with Crippen molar-refractivity contribution < 1.29 is 14.3 Å². The molecule has 1 amide bonds. The summed E-state index contributed by atoms with van der Waals surface area (Å²) < 4.78 is 5.17. The summed E-state index contributed by atoms with van der Waals surface area (Å²) in [7, 11) is 0. The number of nitrogens with one attached hydrogen (secondary N) is 1. The predicted octanol–water partition coefficient (Wildman–Crippen LogP) is 3.23.